The first-order chi connectivity index (χ1) is 13.9. The molecule has 150 valence electrons. The molecule has 2 aromatic carbocycles. The van der Waals surface area contributed by atoms with Crippen LogP contribution < -0.4 is 10.6 Å². The summed E-state index contributed by atoms with van der Waals surface area (Å²) >= 11 is 0. The molecule has 7 heteroatoms. The summed E-state index contributed by atoms with van der Waals surface area (Å²) in [6.07, 6.45) is 0.182. The van der Waals surface area contributed by atoms with Gasteiger partial charge in [-0.15, -0.1) is 0 Å². The Balaban J connectivity index is 1.59. The maximum absolute atomic E-state index is 12.4. The van der Waals surface area contributed by atoms with E-state index in [4.69, 9.17) is 4.52 Å². The summed E-state index contributed by atoms with van der Waals surface area (Å²) in [6, 6.07) is 18.0. The van der Waals surface area contributed by atoms with Gasteiger partial charge in [-0.2, -0.15) is 0 Å². The maximum atomic E-state index is 12.4. The number of aliphatic hydroxyl groups is 1. The number of carbonyl (C=O) groups is 2. The lowest BCUT2D eigenvalue weighted by molar-refractivity contribution is -0.122. The third-order valence-corrected chi connectivity index (χ3v) is 4.25. The molecule has 0 atom stereocenters. The van der Waals surface area contributed by atoms with Gasteiger partial charge in [0, 0.05) is 17.3 Å². The molecule has 3 N–H and O–H groups in total. The van der Waals surface area contributed by atoms with Crippen molar-refractivity contribution in [3.05, 3.63) is 71.9 Å². The van der Waals surface area contributed by atoms with Crippen molar-refractivity contribution >= 4 is 17.5 Å². The minimum absolute atomic E-state index is 0.141. The van der Waals surface area contributed by atoms with Crippen LogP contribution in [0.25, 0.3) is 11.3 Å². The van der Waals surface area contributed by atoms with Crippen molar-refractivity contribution in [2.75, 3.05) is 11.9 Å². The molecule has 7 nitrogen and oxygen atoms in total. The van der Waals surface area contributed by atoms with Gasteiger partial charge < -0.3 is 20.3 Å². The molecule has 0 aliphatic rings. The van der Waals surface area contributed by atoms with Gasteiger partial charge in [-0.25, -0.2) is 0 Å². The quantitative estimate of drug-likeness (QED) is 0.572. The molecule has 0 saturated heterocycles. The summed E-state index contributed by atoms with van der Waals surface area (Å²) in [5, 5.41) is 18.6. The summed E-state index contributed by atoms with van der Waals surface area (Å²) in [4.78, 5) is 24.4. The summed E-state index contributed by atoms with van der Waals surface area (Å²) < 4.78 is 5.25. The lowest BCUT2D eigenvalue weighted by Gasteiger charge is -2.23. The third-order valence-electron chi connectivity index (χ3n) is 4.25. The van der Waals surface area contributed by atoms with Crippen LogP contribution in [0.3, 0.4) is 0 Å². The Labute approximate surface area is 168 Å². The third kappa shape index (κ3) is 5.52. The Morgan fingerprint density at radius 2 is 1.76 bits per heavy atom. The van der Waals surface area contributed by atoms with Crippen LogP contribution in [0.2, 0.25) is 0 Å². The molecule has 0 fully saturated rings. The van der Waals surface area contributed by atoms with Crippen molar-refractivity contribution in [1.82, 2.24) is 10.5 Å². The predicted octanol–water partition coefficient (Wildman–Crippen LogP) is 3.02. The number of carbonyl (C=O) groups excluding carboxylic acids is 2. The van der Waals surface area contributed by atoms with Crippen molar-refractivity contribution in [3.8, 4) is 11.3 Å². The summed E-state index contributed by atoms with van der Waals surface area (Å²) in [7, 11) is 0. The molecule has 0 aliphatic heterocycles. The Morgan fingerprint density at radius 3 is 2.41 bits per heavy atom. The van der Waals surface area contributed by atoms with E-state index in [1.807, 2.05) is 30.3 Å². The van der Waals surface area contributed by atoms with E-state index in [2.05, 4.69) is 15.8 Å². The topological polar surface area (TPSA) is 104 Å². The Bertz CT molecular complexity index is 979. The van der Waals surface area contributed by atoms with Gasteiger partial charge in [-0.3, -0.25) is 9.59 Å². The standard InChI is InChI=1S/C22H23N3O4/c1-22(2,14-26)24-20(27)12-15-8-10-17(11-9-15)23-21(28)18-13-19(29-25-18)16-6-4-3-5-7-16/h3-11,13,26H,12,14H2,1-2H3,(H,23,28)(H,24,27). The molecule has 0 unspecified atom stereocenters. The van der Waals surface area contributed by atoms with Gasteiger partial charge >= 0.3 is 0 Å². The Kier molecular flexibility index (Phi) is 6.09. The second-order valence-electron chi connectivity index (χ2n) is 7.36. The van der Waals surface area contributed by atoms with E-state index >= 15 is 0 Å². The number of amides is 2. The number of hydrogen-bond donors (Lipinski definition) is 3. The number of hydrogen-bond acceptors (Lipinski definition) is 5. The molecule has 0 spiro atoms. The summed E-state index contributed by atoms with van der Waals surface area (Å²) in [5.41, 5.74) is 1.73. The monoisotopic (exact) mass is 393 g/mol. The largest absolute Gasteiger partial charge is 0.394 e. The van der Waals surface area contributed by atoms with Crippen LogP contribution in [0.15, 0.2) is 65.2 Å². The van der Waals surface area contributed by atoms with Crippen LogP contribution in [0, 0.1) is 0 Å². The van der Waals surface area contributed by atoms with Gasteiger partial charge in [-0.1, -0.05) is 47.6 Å². The van der Waals surface area contributed by atoms with Crippen molar-refractivity contribution in [2.24, 2.45) is 0 Å². The highest BCUT2D eigenvalue weighted by molar-refractivity contribution is 6.03. The second-order valence-corrected chi connectivity index (χ2v) is 7.36. The summed E-state index contributed by atoms with van der Waals surface area (Å²) in [5.74, 6) is -0.0501. The zero-order valence-electron chi connectivity index (χ0n) is 16.3. The van der Waals surface area contributed by atoms with Gasteiger partial charge in [0.25, 0.3) is 5.91 Å². The lowest BCUT2D eigenvalue weighted by Crippen LogP contribution is -2.46. The summed E-state index contributed by atoms with van der Waals surface area (Å²) in [6.45, 7) is 3.35. The molecule has 0 bridgehead atoms. The van der Waals surface area contributed by atoms with Crippen LogP contribution in [-0.4, -0.2) is 34.2 Å². The minimum Gasteiger partial charge on any atom is -0.394 e. The van der Waals surface area contributed by atoms with Crippen LogP contribution in [-0.2, 0) is 11.2 Å². The average Bonchev–Trinajstić information content (AvgIpc) is 3.20. The Hall–Kier alpha value is -3.45. The smallest absolute Gasteiger partial charge is 0.277 e. The fraction of sp³-hybridized carbons (Fsp3) is 0.227. The minimum atomic E-state index is -0.665. The normalized spacial score (nSPS) is 11.1. The van der Waals surface area contributed by atoms with Crippen LogP contribution in [0.1, 0.15) is 29.9 Å². The van der Waals surface area contributed by atoms with Crippen LogP contribution in [0.4, 0.5) is 5.69 Å². The molecule has 3 aromatic rings. The van der Waals surface area contributed by atoms with Gasteiger partial charge in [0.05, 0.1) is 18.6 Å². The van der Waals surface area contributed by atoms with Crippen molar-refractivity contribution in [3.63, 3.8) is 0 Å². The first-order valence-corrected chi connectivity index (χ1v) is 9.20. The second kappa shape index (κ2) is 8.70. The zero-order valence-corrected chi connectivity index (χ0v) is 16.3. The van der Waals surface area contributed by atoms with Crippen molar-refractivity contribution < 1.29 is 19.2 Å². The van der Waals surface area contributed by atoms with E-state index in [-0.39, 0.29) is 30.5 Å². The zero-order chi connectivity index (χ0) is 20.9. The molecule has 2 amide bonds. The molecule has 0 saturated carbocycles. The first-order valence-electron chi connectivity index (χ1n) is 9.20. The molecular formula is C22H23N3O4. The lowest BCUT2D eigenvalue weighted by atomic mass is 10.1. The number of anilines is 1. The van der Waals surface area contributed by atoms with Gasteiger partial charge in [0.1, 0.15) is 0 Å². The molecule has 1 heterocycles. The molecular weight excluding hydrogens is 370 g/mol. The van der Waals surface area contributed by atoms with Gasteiger partial charge in [-0.05, 0) is 31.5 Å². The first kappa shape index (κ1) is 20.3. The molecule has 0 aliphatic carbocycles. The van der Waals surface area contributed by atoms with Crippen LogP contribution in [0.5, 0.6) is 0 Å². The predicted molar refractivity (Wildman–Crippen MR) is 109 cm³/mol. The highest BCUT2D eigenvalue weighted by atomic mass is 16.5. The molecule has 29 heavy (non-hydrogen) atoms. The highest BCUT2D eigenvalue weighted by Gasteiger charge is 2.19. The van der Waals surface area contributed by atoms with E-state index in [1.165, 1.54) is 0 Å². The van der Waals surface area contributed by atoms with Crippen molar-refractivity contribution in [1.29, 1.82) is 0 Å². The van der Waals surface area contributed by atoms with E-state index < -0.39 is 5.54 Å². The molecule has 0 radical (unpaired) electrons. The molecule has 1 aromatic heterocycles. The van der Waals surface area contributed by atoms with E-state index in [9.17, 15) is 14.7 Å². The Morgan fingerprint density at radius 1 is 1.07 bits per heavy atom. The number of rotatable bonds is 7. The van der Waals surface area contributed by atoms with Crippen molar-refractivity contribution in [2.45, 2.75) is 25.8 Å². The van der Waals surface area contributed by atoms with E-state index in [1.54, 1.807) is 44.2 Å². The fourth-order valence-electron chi connectivity index (χ4n) is 2.67. The average molecular weight is 393 g/mol. The van der Waals surface area contributed by atoms with E-state index in [0.717, 1.165) is 11.1 Å². The number of benzene rings is 2. The van der Waals surface area contributed by atoms with Gasteiger partial charge in [0.15, 0.2) is 11.5 Å². The SMILES string of the molecule is CC(C)(CO)NC(=O)Cc1ccc(NC(=O)c2cc(-c3ccccc3)on2)cc1. The number of nitrogens with zero attached hydrogens (tertiary/aromatic N) is 1. The fourth-order valence-corrected chi connectivity index (χ4v) is 2.67. The maximum Gasteiger partial charge on any atom is 0.277 e. The van der Waals surface area contributed by atoms with E-state index in [0.29, 0.717) is 11.4 Å². The molecule has 3 rings (SSSR count). The van der Waals surface area contributed by atoms with Gasteiger partial charge in [0.2, 0.25) is 5.91 Å². The number of aliphatic hydroxyl groups excluding tert-OH is 1. The highest BCUT2D eigenvalue weighted by Crippen LogP contribution is 2.20. The number of nitrogens with one attached hydrogen (secondary N) is 2. The number of aromatic nitrogens is 1. The van der Waals surface area contributed by atoms with Crippen LogP contribution >= 0.6 is 0 Å².